The number of benzene rings is 1. The van der Waals surface area contributed by atoms with Gasteiger partial charge < -0.3 is 5.32 Å². The summed E-state index contributed by atoms with van der Waals surface area (Å²) in [4.78, 5) is 25.3. The summed E-state index contributed by atoms with van der Waals surface area (Å²) < 4.78 is 39.4. The molecule has 150 valence electrons. The lowest BCUT2D eigenvalue weighted by Gasteiger charge is -2.33. The SMILES string of the molecule is CCCCNC(=O)NC(=O)CN1CCN(S(=O)(=O)c2ccc(F)cc2)CC1. The molecule has 0 bridgehead atoms. The lowest BCUT2D eigenvalue weighted by atomic mass is 10.3. The average molecular weight is 400 g/mol. The number of piperazine rings is 1. The molecule has 2 rings (SSSR count). The Morgan fingerprint density at radius 3 is 2.33 bits per heavy atom. The van der Waals surface area contributed by atoms with Crippen LogP contribution < -0.4 is 10.6 Å². The molecular formula is C17H25FN4O4S. The highest BCUT2D eigenvalue weighted by Crippen LogP contribution is 2.17. The van der Waals surface area contributed by atoms with E-state index in [2.05, 4.69) is 10.6 Å². The first-order chi connectivity index (χ1) is 12.8. The molecule has 3 amide bonds. The van der Waals surface area contributed by atoms with Gasteiger partial charge in [0.2, 0.25) is 15.9 Å². The van der Waals surface area contributed by atoms with Crippen LogP contribution in [-0.4, -0.2) is 68.8 Å². The minimum Gasteiger partial charge on any atom is -0.338 e. The van der Waals surface area contributed by atoms with Gasteiger partial charge in [-0.05, 0) is 30.7 Å². The Hall–Kier alpha value is -2.04. The molecule has 2 N–H and O–H groups in total. The highest BCUT2D eigenvalue weighted by molar-refractivity contribution is 7.89. The van der Waals surface area contributed by atoms with Crippen LogP contribution in [0.25, 0.3) is 0 Å². The van der Waals surface area contributed by atoms with Crippen molar-refractivity contribution in [2.45, 2.75) is 24.7 Å². The zero-order valence-corrected chi connectivity index (χ0v) is 16.1. The molecule has 1 saturated heterocycles. The molecule has 1 aliphatic heterocycles. The van der Waals surface area contributed by atoms with E-state index < -0.39 is 27.8 Å². The van der Waals surface area contributed by atoms with Crippen molar-refractivity contribution in [2.24, 2.45) is 0 Å². The zero-order valence-electron chi connectivity index (χ0n) is 15.3. The van der Waals surface area contributed by atoms with Gasteiger partial charge in [0.15, 0.2) is 0 Å². The molecule has 0 aliphatic carbocycles. The molecule has 1 aromatic rings. The molecule has 0 unspecified atom stereocenters. The number of sulfonamides is 1. The van der Waals surface area contributed by atoms with Crippen molar-refractivity contribution in [1.82, 2.24) is 19.8 Å². The van der Waals surface area contributed by atoms with Gasteiger partial charge in [0.05, 0.1) is 11.4 Å². The van der Waals surface area contributed by atoms with Crippen molar-refractivity contribution in [3.63, 3.8) is 0 Å². The third kappa shape index (κ3) is 6.26. The van der Waals surface area contributed by atoms with E-state index in [1.807, 2.05) is 6.92 Å². The van der Waals surface area contributed by atoms with E-state index in [1.54, 1.807) is 4.90 Å². The van der Waals surface area contributed by atoms with Crippen LogP contribution >= 0.6 is 0 Å². The van der Waals surface area contributed by atoms with Crippen LogP contribution in [0.3, 0.4) is 0 Å². The van der Waals surface area contributed by atoms with E-state index in [1.165, 1.54) is 16.4 Å². The Morgan fingerprint density at radius 2 is 1.74 bits per heavy atom. The van der Waals surface area contributed by atoms with Crippen molar-refractivity contribution >= 4 is 22.0 Å². The van der Waals surface area contributed by atoms with Gasteiger partial charge in [-0.25, -0.2) is 17.6 Å². The number of carbonyl (C=O) groups is 2. The van der Waals surface area contributed by atoms with Crippen molar-refractivity contribution in [3.8, 4) is 0 Å². The first-order valence-corrected chi connectivity index (χ1v) is 10.3. The maximum absolute atomic E-state index is 13.0. The number of hydrogen-bond donors (Lipinski definition) is 2. The second kappa shape index (κ2) is 9.77. The molecule has 8 nitrogen and oxygen atoms in total. The van der Waals surface area contributed by atoms with E-state index in [0.29, 0.717) is 19.6 Å². The normalized spacial score (nSPS) is 16.1. The quantitative estimate of drug-likeness (QED) is 0.659. The van der Waals surface area contributed by atoms with Crippen molar-refractivity contribution in [3.05, 3.63) is 30.1 Å². The van der Waals surface area contributed by atoms with Crippen molar-refractivity contribution in [2.75, 3.05) is 39.3 Å². The van der Waals surface area contributed by atoms with Gasteiger partial charge in [0.25, 0.3) is 0 Å². The minimum atomic E-state index is -3.69. The van der Waals surface area contributed by atoms with Gasteiger partial charge in [0, 0.05) is 32.7 Å². The Bertz CT molecular complexity index is 747. The first kappa shape index (κ1) is 21.3. The summed E-state index contributed by atoms with van der Waals surface area (Å²) in [5.41, 5.74) is 0. The molecule has 27 heavy (non-hydrogen) atoms. The summed E-state index contributed by atoms with van der Waals surface area (Å²) in [5.74, 6) is -0.928. The summed E-state index contributed by atoms with van der Waals surface area (Å²) in [6.07, 6.45) is 1.78. The smallest absolute Gasteiger partial charge is 0.321 e. The van der Waals surface area contributed by atoms with Crippen LogP contribution in [0.4, 0.5) is 9.18 Å². The highest BCUT2D eigenvalue weighted by atomic mass is 32.2. The Kier molecular flexibility index (Phi) is 7.69. The molecule has 0 saturated carbocycles. The fourth-order valence-electron chi connectivity index (χ4n) is 2.68. The van der Waals surface area contributed by atoms with E-state index in [4.69, 9.17) is 0 Å². The molecule has 0 radical (unpaired) electrons. The number of imide groups is 1. The molecule has 0 spiro atoms. The Morgan fingerprint density at radius 1 is 1.11 bits per heavy atom. The Balaban J connectivity index is 1.80. The van der Waals surface area contributed by atoms with Crippen LogP contribution in [0.5, 0.6) is 0 Å². The van der Waals surface area contributed by atoms with Gasteiger partial charge in [-0.2, -0.15) is 4.31 Å². The third-order valence-corrected chi connectivity index (χ3v) is 6.13. The molecule has 1 aliphatic rings. The molecule has 1 aromatic carbocycles. The molecule has 10 heteroatoms. The zero-order chi connectivity index (χ0) is 19.9. The number of hydrogen-bond acceptors (Lipinski definition) is 5. The number of unbranched alkanes of at least 4 members (excludes halogenated alkanes) is 1. The highest BCUT2D eigenvalue weighted by Gasteiger charge is 2.29. The predicted octanol–water partition coefficient (Wildman–Crippen LogP) is 0.758. The predicted molar refractivity (Wildman–Crippen MR) is 98.0 cm³/mol. The maximum Gasteiger partial charge on any atom is 0.321 e. The molecule has 0 aromatic heterocycles. The van der Waals surface area contributed by atoms with E-state index in [0.717, 1.165) is 25.0 Å². The first-order valence-electron chi connectivity index (χ1n) is 8.88. The monoisotopic (exact) mass is 400 g/mol. The van der Waals surface area contributed by atoms with Crippen LogP contribution in [0.15, 0.2) is 29.2 Å². The van der Waals surface area contributed by atoms with E-state index >= 15 is 0 Å². The van der Waals surface area contributed by atoms with Crippen molar-refractivity contribution < 1.29 is 22.4 Å². The summed E-state index contributed by atoms with van der Waals surface area (Å²) in [6, 6.07) is 4.17. The van der Waals surface area contributed by atoms with Gasteiger partial charge >= 0.3 is 6.03 Å². The lowest BCUT2D eigenvalue weighted by molar-refractivity contribution is -0.121. The van der Waals surface area contributed by atoms with Crippen LogP contribution in [0, 0.1) is 5.82 Å². The lowest BCUT2D eigenvalue weighted by Crippen LogP contribution is -2.52. The van der Waals surface area contributed by atoms with Crippen molar-refractivity contribution in [1.29, 1.82) is 0 Å². The third-order valence-electron chi connectivity index (χ3n) is 4.22. The summed E-state index contributed by atoms with van der Waals surface area (Å²) in [7, 11) is -3.69. The standard InChI is InChI=1S/C17H25FN4O4S/c1-2-3-8-19-17(24)20-16(23)13-21-9-11-22(12-10-21)27(25,26)15-6-4-14(18)5-7-15/h4-7H,2-3,8-13H2,1H3,(H2,19,20,23,24). The summed E-state index contributed by atoms with van der Waals surface area (Å²) in [5, 5.41) is 4.86. The largest absolute Gasteiger partial charge is 0.338 e. The average Bonchev–Trinajstić information content (AvgIpc) is 2.62. The van der Waals surface area contributed by atoms with Crippen LogP contribution in [0.1, 0.15) is 19.8 Å². The summed E-state index contributed by atoms with van der Waals surface area (Å²) in [6.45, 7) is 3.70. The second-order valence-corrected chi connectivity index (χ2v) is 8.23. The minimum absolute atomic E-state index is 0.0195. The number of amides is 3. The number of rotatable bonds is 7. The molecule has 0 atom stereocenters. The number of nitrogens with zero attached hydrogens (tertiary/aromatic N) is 2. The fraction of sp³-hybridized carbons (Fsp3) is 0.529. The number of nitrogens with one attached hydrogen (secondary N) is 2. The van der Waals surface area contributed by atoms with Gasteiger partial charge in [-0.1, -0.05) is 13.3 Å². The number of carbonyl (C=O) groups excluding carboxylic acids is 2. The van der Waals surface area contributed by atoms with Gasteiger partial charge in [-0.3, -0.25) is 15.0 Å². The topological polar surface area (TPSA) is 98.8 Å². The molecule has 1 heterocycles. The molecule has 1 fully saturated rings. The second-order valence-electron chi connectivity index (χ2n) is 6.29. The van der Waals surface area contributed by atoms with Gasteiger partial charge in [0.1, 0.15) is 5.82 Å². The van der Waals surface area contributed by atoms with E-state index in [9.17, 15) is 22.4 Å². The van der Waals surface area contributed by atoms with Crippen LogP contribution in [0.2, 0.25) is 0 Å². The Labute approximate surface area is 158 Å². The van der Waals surface area contributed by atoms with Crippen LogP contribution in [-0.2, 0) is 14.8 Å². The summed E-state index contributed by atoms with van der Waals surface area (Å²) >= 11 is 0. The van der Waals surface area contributed by atoms with Gasteiger partial charge in [-0.15, -0.1) is 0 Å². The maximum atomic E-state index is 13.0. The fourth-order valence-corrected chi connectivity index (χ4v) is 4.10. The molecular weight excluding hydrogens is 375 g/mol. The number of urea groups is 1. The van der Waals surface area contributed by atoms with E-state index in [-0.39, 0.29) is 24.5 Å². The number of halogens is 1.